The van der Waals surface area contributed by atoms with Crippen molar-refractivity contribution in [3.8, 4) is 11.1 Å². The third kappa shape index (κ3) is 3.04. The van der Waals surface area contributed by atoms with Gasteiger partial charge in [-0.25, -0.2) is 4.39 Å². The number of hydrogen-bond donors (Lipinski definition) is 0. The molecule has 3 aromatic rings. The smallest absolute Gasteiger partial charge is 0.128 e. The van der Waals surface area contributed by atoms with Crippen LogP contribution >= 0.6 is 0 Å². The number of piperidine rings is 1. The molecule has 0 spiro atoms. The molecule has 5 nitrogen and oxygen atoms in total. The maximum absolute atomic E-state index is 15.0. The van der Waals surface area contributed by atoms with E-state index in [0.29, 0.717) is 5.92 Å². The van der Waals surface area contributed by atoms with Crippen molar-refractivity contribution < 1.29 is 4.39 Å². The summed E-state index contributed by atoms with van der Waals surface area (Å²) in [5, 5.41) is 4.30. The quantitative estimate of drug-likeness (QED) is 0.590. The van der Waals surface area contributed by atoms with Crippen LogP contribution in [0.1, 0.15) is 43.0 Å². The number of fused-ring (bicyclic) bond motifs is 3. The molecule has 32 heavy (non-hydrogen) atoms. The molecule has 2 aromatic carbocycles. The topological polar surface area (TPSA) is 36.7 Å². The van der Waals surface area contributed by atoms with Crippen molar-refractivity contribution in [2.45, 2.75) is 37.9 Å². The molecular formula is C26H28FN5. The first-order chi connectivity index (χ1) is 15.6. The summed E-state index contributed by atoms with van der Waals surface area (Å²) in [6, 6.07) is 14.7. The van der Waals surface area contributed by atoms with E-state index in [1.54, 1.807) is 6.07 Å². The van der Waals surface area contributed by atoms with Crippen LogP contribution in [0.25, 0.3) is 11.1 Å². The zero-order valence-corrected chi connectivity index (χ0v) is 18.5. The molecule has 6 rings (SSSR count). The lowest BCUT2D eigenvalue weighted by atomic mass is 9.84. The molecular weight excluding hydrogens is 401 g/mol. The highest BCUT2D eigenvalue weighted by atomic mass is 19.1. The molecule has 6 heteroatoms. The lowest BCUT2D eigenvalue weighted by Crippen LogP contribution is -2.39. The fourth-order valence-electron chi connectivity index (χ4n) is 5.93. The second kappa shape index (κ2) is 7.47. The van der Waals surface area contributed by atoms with Crippen LogP contribution < -0.4 is 4.90 Å². The van der Waals surface area contributed by atoms with Crippen LogP contribution in [0, 0.1) is 11.7 Å². The maximum atomic E-state index is 15.0. The van der Waals surface area contributed by atoms with Gasteiger partial charge in [-0.15, -0.1) is 0 Å². The van der Waals surface area contributed by atoms with E-state index >= 15 is 0 Å². The first-order valence-corrected chi connectivity index (χ1v) is 11.5. The van der Waals surface area contributed by atoms with E-state index < -0.39 is 0 Å². The normalized spacial score (nSPS) is 24.8. The number of rotatable bonds is 3. The standard InChI is InChI=1S/C26H28FN5/c1-17-25-22-7-4-8-23(27)24(22)26(32(25)16-28-17)18-9-11-31(12-10-18)21-6-3-5-19(13-21)20-14-29-30(2)15-20/h3-8,13-18,25-26H,9-12H2,1-2H3. The summed E-state index contributed by atoms with van der Waals surface area (Å²) in [5.41, 5.74) is 5.61. The third-order valence-electron chi connectivity index (χ3n) is 7.47. The molecule has 0 bridgehead atoms. The van der Waals surface area contributed by atoms with Crippen LogP contribution in [0.15, 0.2) is 59.9 Å². The lowest BCUT2D eigenvalue weighted by molar-refractivity contribution is 0.189. The summed E-state index contributed by atoms with van der Waals surface area (Å²) in [7, 11) is 1.94. The Hall–Kier alpha value is -3.15. The summed E-state index contributed by atoms with van der Waals surface area (Å²) < 4.78 is 16.8. The zero-order valence-electron chi connectivity index (χ0n) is 18.5. The van der Waals surface area contributed by atoms with E-state index in [1.165, 1.54) is 11.3 Å². The number of aromatic nitrogens is 2. The molecule has 0 saturated carbocycles. The molecule has 3 atom stereocenters. The molecule has 0 N–H and O–H groups in total. The number of benzene rings is 2. The predicted octanol–water partition coefficient (Wildman–Crippen LogP) is 4.97. The fraction of sp³-hybridized carbons (Fsp3) is 0.385. The number of halogens is 1. The first kappa shape index (κ1) is 19.5. The Bertz CT molecular complexity index is 1180. The van der Waals surface area contributed by atoms with Crippen LogP contribution in [0.5, 0.6) is 0 Å². The average Bonchev–Trinajstić information content (AvgIpc) is 3.50. The largest absolute Gasteiger partial charge is 0.371 e. The van der Waals surface area contributed by atoms with E-state index in [4.69, 9.17) is 0 Å². The Kier molecular flexibility index (Phi) is 4.56. The number of aliphatic imine (C=N–C) groups is 1. The highest BCUT2D eigenvalue weighted by Crippen LogP contribution is 2.51. The zero-order chi connectivity index (χ0) is 21.8. The molecule has 3 unspecified atom stereocenters. The fourth-order valence-corrected chi connectivity index (χ4v) is 5.93. The van der Waals surface area contributed by atoms with Crippen LogP contribution in [0.3, 0.4) is 0 Å². The molecule has 0 aliphatic carbocycles. The molecule has 4 heterocycles. The van der Waals surface area contributed by atoms with Gasteiger partial charge in [-0.05, 0) is 55.0 Å². The molecule has 3 aliphatic rings. The second-order valence-electron chi connectivity index (χ2n) is 9.36. The SMILES string of the molecule is CC1N=CN2C(C3CCN(c4cccc(-c5cnn(C)c5)c4)CC3)c3c(F)cccc3C12. The van der Waals surface area contributed by atoms with Crippen molar-refractivity contribution in [3.63, 3.8) is 0 Å². The summed E-state index contributed by atoms with van der Waals surface area (Å²) >= 11 is 0. The summed E-state index contributed by atoms with van der Waals surface area (Å²) in [6.07, 6.45) is 8.02. The van der Waals surface area contributed by atoms with E-state index in [2.05, 4.69) is 57.1 Å². The van der Waals surface area contributed by atoms with Crippen LogP contribution in [-0.2, 0) is 7.05 Å². The molecule has 1 saturated heterocycles. The number of aryl methyl sites for hydroxylation is 1. The molecule has 0 amide bonds. The monoisotopic (exact) mass is 429 g/mol. The lowest BCUT2D eigenvalue weighted by Gasteiger charge is -2.39. The average molecular weight is 430 g/mol. The Balaban J connectivity index is 1.23. The molecule has 164 valence electrons. The minimum Gasteiger partial charge on any atom is -0.371 e. The van der Waals surface area contributed by atoms with Gasteiger partial charge >= 0.3 is 0 Å². The van der Waals surface area contributed by atoms with Gasteiger partial charge in [0.15, 0.2) is 0 Å². The van der Waals surface area contributed by atoms with Gasteiger partial charge in [0.05, 0.1) is 30.7 Å². The van der Waals surface area contributed by atoms with E-state index in [9.17, 15) is 4.39 Å². The third-order valence-corrected chi connectivity index (χ3v) is 7.47. The van der Waals surface area contributed by atoms with Gasteiger partial charge < -0.3 is 9.80 Å². The highest BCUT2D eigenvalue weighted by Gasteiger charge is 2.47. The number of hydrogen-bond acceptors (Lipinski definition) is 4. The Labute approximate surface area is 188 Å². The number of nitrogens with zero attached hydrogens (tertiary/aromatic N) is 5. The van der Waals surface area contributed by atoms with Crippen LogP contribution in [0.4, 0.5) is 10.1 Å². The molecule has 3 aliphatic heterocycles. The van der Waals surface area contributed by atoms with Gasteiger partial charge in [0.1, 0.15) is 5.82 Å². The van der Waals surface area contributed by atoms with Crippen molar-refractivity contribution in [1.82, 2.24) is 14.7 Å². The van der Waals surface area contributed by atoms with Gasteiger partial charge in [-0.2, -0.15) is 5.10 Å². The van der Waals surface area contributed by atoms with Crippen molar-refractivity contribution in [2.24, 2.45) is 18.0 Å². The van der Waals surface area contributed by atoms with Gasteiger partial charge in [-0.3, -0.25) is 9.67 Å². The van der Waals surface area contributed by atoms with E-state index in [-0.39, 0.29) is 23.9 Å². The van der Waals surface area contributed by atoms with Gasteiger partial charge in [0.2, 0.25) is 0 Å². The minimum atomic E-state index is -0.0610. The summed E-state index contributed by atoms with van der Waals surface area (Å²) in [5.74, 6) is 0.360. The number of anilines is 1. The molecule has 0 radical (unpaired) electrons. The molecule has 1 aromatic heterocycles. The van der Waals surface area contributed by atoms with Crippen molar-refractivity contribution in [2.75, 3.05) is 18.0 Å². The van der Waals surface area contributed by atoms with Crippen molar-refractivity contribution in [1.29, 1.82) is 0 Å². The Morgan fingerprint density at radius 1 is 1.00 bits per heavy atom. The van der Waals surface area contributed by atoms with E-state index in [0.717, 1.165) is 42.6 Å². The molecule has 1 fully saturated rings. The highest BCUT2D eigenvalue weighted by molar-refractivity contribution is 5.68. The Morgan fingerprint density at radius 2 is 1.81 bits per heavy atom. The van der Waals surface area contributed by atoms with E-state index in [1.807, 2.05) is 36.5 Å². The predicted molar refractivity (Wildman–Crippen MR) is 125 cm³/mol. The van der Waals surface area contributed by atoms with Gasteiger partial charge in [0, 0.05) is 43.1 Å². The minimum absolute atomic E-state index is 0.0610. The Morgan fingerprint density at radius 3 is 2.59 bits per heavy atom. The maximum Gasteiger partial charge on any atom is 0.128 e. The first-order valence-electron chi connectivity index (χ1n) is 11.5. The van der Waals surface area contributed by atoms with Crippen molar-refractivity contribution >= 4 is 12.0 Å². The van der Waals surface area contributed by atoms with Crippen LogP contribution in [0.2, 0.25) is 0 Å². The summed E-state index contributed by atoms with van der Waals surface area (Å²) in [6.45, 7) is 4.09. The van der Waals surface area contributed by atoms with Gasteiger partial charge in [-0.1, -0.05) is 24.3 Å². The van der Waals surface area contributed by atoms with Crippen LogP contribution in [-0.4, -0.2) is 40.2 Å². The second-order valence-corrected chi connectivity index (χ2v) is 9.36. The summed E-state index contributed by atoms with van der Waals surface area (Å²) in [4.78, 5) is 9.46. The van der Waals surface area contributed by atoms with Crippen molar-refractivity contribution in [3.05, 3.63) is 71.8 Å². The van der Waals surface area contributed by atoms with Gasteiger partial charge in [0.25, 0.3) is 0 Å².